The minimum absolute atomic E-state index is 0.0305. The Morgan fingerprint density at radius 2 is 1.67 bits per heavy atom. The van der Waals surface area contributed by atoms with Crippen LogP contribution in [0.25, 0.3) is 0 Å². The van der Waals surface area contributed by atoms with Gasteiger partial charge in [-0.25, -0.2) is 13.1 Å². The van der Waals surface area contributed by atoms with E-state index in [-0.39, 0.29) is 6.04 Å². The van der Waals surface area contributed by atoms with E-state index in [2.05, 4.69) is 4.72 Å². The molecule has 7 heteroatoms. The van der Waals surface area contributed by atoms with Gasteiger partial charge >= 0.3 is 0 Å². The zero-order chi connectivity index (χ0) is 17.9. The highest BCUT2D eigenvalue weighted by Crippen LogP contribution is 2.23. The standard InChI is InChI=1S/C17H25N3O2S2/c1-13-6-11-17(23-13)24(21,22)18-12-16(20(4)5)14-7-9-15(10-8-14)19(2)3/h6-11,16,18H,12H2,1-5H3/t16-/m1/s1. The summed E-state index contributed by atoms with van der Waals surface area (Å²) in [6.07, 6.45) is 0. The molecular formula is C17H25N3O2S2. The third-order valence-corrected chi connectivity index (χ3v) is 6.78. The summed E-state index contributed by atoms with van der Waals surface area (Å²) in [6.45, 7) is 2.23. The van der Waals surface area contributed by atoms with Gasteiger partial charge in [-0.3, -0.25) is 0 Å². The Bertz CT molecular complexity index is 765. The molecular weight excluding hydrogens is 342 g/mol. The Hall–Kier alpha value is -1.41. The fourth-order valence-corrected chi connectivity index (χ4v) is 4.78. The lowest BCUT2D eigenvalue weighted by atomic mass is 10.1. The summed E-state index contributed by atoms with van der Waals surface area (Å²) in [5, 5.41) is 0. The molecule has 0 saturated carbocycles. The largest absolute Gasteiger partial charge is 0.378 e. The minimum atomic E-state index is -3.46. The van der Waals surface area contributed by atoms with Crippen molar-refractivity contribution < 1.29 is 8.42 Å². The molecule has 0 aliphatic carbocycles. The van der Waals surface area contributed by atoms with Gasteiger partial charge in [0.15, 0.2) is 0 Å². The second kappa shape index (κ2) is 7.65. The quantitative estimate of drug-likeness (QED) is 0.817. The van der Waals surface area contributed by atoms with Crippen LogP contribution >= 0.6 is 11.3 Å². The highest BCUT2D eigenvalue weighted by Gasteiger charge is 2.20. The van der Waals surface area contributed by atoms with Crippen molar-refractivity contribution in [1.82, 2.24) is 9.62 Å². The Balaban J connectivity index is 2.14. The van der Waals surface area contributed by atoms with Gasteiger partial charge in [-0.05, 0) is 50.8 Å². The van der Waals surface area contributed by atoms with Gasteiger partial charge in [0.1, 0.15) is 4.21 Å². The van der Waals surface area contributed by atoms with E-state index in [0.29, 0.717) is 10.8 Å². The molecule has 0 spiro atoms. The van der Waals surface area contributed by atoms with E-state index in [1.54, 1.807) is 6.07 Å². The number of aryl methyl sites for hydroxylation is 1. The number of benzene rings is 1. The van der Waals surface area contributed by atoms with E-state index in [1.807, 2.05) is 75.2 Å². The number of rotatable bonds is 7. The SMILES string of the molecule is Cc1ccc(S(=O)(=O)NC[C@H](c2ccc(N(C)C)cc2)N(C)C)s1. The molecule has 0 bridgehead atoms. The first kappa shape index (κ1) is 18.9. The summed E-state index contributed by atoms with van der Waals surface area (Å²) in [5.74, 6) is 0. The highest BCUT2D eigenvalue weighted by atomic mass is 32.2. The first-order valence-electron chi connectivity index (χ1n) is 7.70. The Morgan fingerprint density at radius 1 is 1.04 bits per heavy atom. The van der Waals surface area contributed by atoms with Crippen LogP contribution in [-0.4, -0.2) is 48.1 Å². The smallest absolute Gasteiger partial charge is 0.250 e. The molecule has 0 unspecified atom stereocenters. The molecule has 0 saturated heterocycles. The lowest BCUT2D eigenvalue weighted by Gasteiger charge is -2.25. The number of hydrogen-bond acceptors (Lipinski definition) is 5. The monoisotopic (exact) mass is 367 g/mol. The van der Waals surface area contributed by atoms with Crippen molar-refractivity contribution in [2.45, 2.75) is 17.2 Å². The maximum atomic E-state index is 12.4. The van der Waals surface area contributed by atoms with Crippen LogP contribution in [0.1, 0.15) is 16.5 Å². The van der Waals surface area contributed by atoms with Gasteiger partial charge in [0, 0.05) is 37.2 Å². The van der Waals surface area contributed by atoms with E-state index < -0.39 is 10.0 Å². The second-order valence-corrected chi connectivity index (χ2v) is 9.46. The number of nitrogens with one attached hydrogen (secondary N) is 1. The third kappa shape index (κ3) is 4.57. The number of anilines is 1. The molecule has 0 aliphatic heterocycles. The third-order valence-electron chi connectivity index (χ3n) is 3.86. The molecule has 132 valence electrons. The molecule has 5 nitrogen and oxygen atoms in total. The Morgan fingerprint density at radius 3 is 2.12 bits per heavy atom. The normalized spacial score (nSPS) is 13.2. The number of hydrogen-bond donors (Lipinski definition) is 1. The predicted molar refractivity (Wildman–Crippen MR) is 101 cm³/mol. The zero-order valence-corrected chi connectivity index (χ0v) is 16.4. The average Bonchev–Trinajstić information content (AvgIpc) is 2.95. The van der Waals surface area contributed by atoms with Gasteiger partial charge < -0.3 is 9.80 Å². The molecule has 0 fully saturated rings. The van der Waals surface area contributed by atoms with Crippen molar-refractivity contribution in [2.75, 3.05) is 39.6 Å². The van der Waals surface area contributed by atoms with Crippen LogP contribution in [0.4, 0.5) is 5.69 Å². The van der Waals surface area contributed by atoms with Gasteiger partial charge in [-0.15, -0.1) is 11.3 Å². The second-order valence-electron chi connectivity index (χ2n) is 6.18. The summed E-state index contributed by atoms with van der Waals surface area (Å²) >= 11 is 1.29. The number of likely N-dealkylation sites (N-methyl/N-ethyl adjacent to an activating group) is 1. The zero-order valence-electron chi connectivity index (χ0n) is 14.8. The number of thiophene rings is 1. The van der Waals surface area contributed by atoms with Crippen molar-refractivity contribution in [3.05, 3.63) is 46.8 Å². The van der Waals surface area contributed by atoms with Gasteiger partial charge in [-0.2, -0.15) is 0 Å². The van der Waals surface area contributed by atoms with Crippen LogP contribution in [0.15, 0.2) is 40.6 Å². The first-order valence-corrected chi connectivity index (χ1v) is 10.0. The van der Waals surface area contributed by atoms with Crippen molar-refractivity contribution in [3.63, 3.8) is 0 Å². The summed E-state index contributed by atoms with van der Waals surface area (Å²) in [6, 6.07) is 11.6. The summed E-state index contributed by atoms with van der Waals surface area (Å²) in [5.41, 5.74) is 2.20. The average molecular weight is 368 g/mol. The van der Waals surface area contributed by atoms with Crippen LogP contribution in [0.5, 0.6) is 0 Å². The molecule has 0 amide bonds. The van der Waals surface area contributed by atoms with Crippen molar-refractivity contribution in [3.8, 4) is 0 Å². The number of sulfonamides is 1. The van der Waals surface area contributed by atoms with E-state index in [9.17, 15) is 8.42 Å². The maximum absolute atomic E-state index is 12.4. The van der Waals surface area contributed by atoms with Crippen molar-refractivity contribution >= 4 is 27.0 Å². The molecule has 1 aromatic carbocycles. The summed E-state index contributed by atoms with van der Waals surface area (Å²) in [4.78, 5) is 5.04. The van der Waals surface area contributed by atoms with Crippen LogP contribution in [-0.2, 0) is 10.0 Å². The molecule has 1 aromatic heterocycles. The van der Waals surface area contributed by atoms with Crippen molar-refractivity contribution in [2.24, 2.45) is 0 Å². The Kier molecular flexibility index (Phi) is 6.03. The minimum Gasteiger partial charge on any atom is -0.378 e. The summed E-state index contributed by atoms with van der Waals surface area (Å²) in [7, 11) is 4.43. The van der Waals surface area contributed by atoms with Gasteiger partial charge in [0.2, 0.25) is 10.0 Å². The fraction of sp³-hybridized carbons (Fsp3) is 0.412. The molecule has 0 aliphatic rings. The van der Waals surface area contributed by atoms with Crippen LogP contribution < -0.4 is 9.62 Å². The molecule has 2 aromatic rings. The maximum Gasteiger partial charge on any atom is 0.250 e. The fourth-order valence-electron chi connectivity index (χ4n) is 2.41. The molecule has 24 heavy (non-hydrogen) atoms. The van der Waals surface area contributed by atoms with Gasteiger partial charge in [0.05, 0.1) is 0 Å². The molecule has 0 radical (unpaired) electrons. The Labute approximate surface area is 149 Å². The summed E-state index contributed by atoms with van der Waals surface area (Å²) < 4.78 is 27.9. The van der Waals surface area contributed by atoms with E-state index in [1.165, 1.54) is 11.3 Å². The van der Waals surface area contributed by atoms with E-state index >= 15 is 0 Å². The molecule has 2 rings (SSSR count). The van der Waals surface area contributed by atoms with E-state index in [4.69, 9.17) is 0 Å². The lowest BCUT2D eigenvalue weighted by molar-refractivity contribution is 0.299. The van der Waals surface area contributed by atoms with Gasteiger partial charge in [-0.1, -0.05) is 12.1 Å². The molecule has 1 N–H and O–H groups in total. The topological polar surface area (TPSA) is 52.7 Å². The first-order chi connectivity index (χ1) is 11.2. The van der Waals surface area contributed by atoms with Gasteiger partial charge in [0.25, 0.3) is 0 Å². The highest BCUT2D eigenvalue weighted by molar-refractivity contribution is 7.91. The lowest BCUT2D eigenvalue weighted by Crippen LogP contribution is -2.34. The van der Waals surface area contributed by atoms with Crippen LogP contribution in [0, 0.1) is 6.92 Å². The predicted octanol–water partition coefficient (Wildman–Crippen LogP) is 2.70. The molecule has 1 heterocycles. The molecule has 1 atom stereocenters. The van der Waals surface area contributed by atoms with Crippen molar-refractivity contribution in [1.29, 1.82) is 0 Å². The van der Waals surface area contributed by atoms with E-state index in [0.717, 1.165) is 16.1 Å². The van der Waals surface area contributed by atoms with Crippen LogP contribution in [0.3, 0.4) is 0 Å². The van der Waals surface area contributed by atoms with Crippen LogP contribution in [0.2, 0.25) is 0 Å². The number of nitrogens with zero attached hydrogens (tertiary/aromatic N) is 2.